The summed E-state index contributed by atoms with van der Waals surface area (Å²) in [5.41, 5.74) is 1.19. The molecule has 0 atom stereocenters. The summed E-state index contributed by atoms with van der Waals surface area (Å²) in [7, 11) is 0. The molecule has 0 amide bonds. The van der Waals surface area contributed by atoms with Gasteiger partial charge in [-0.15, -0.1) is 0 Å². The van der Waals surface area contributed by atoms with Gasteiger partial charge in [-0.05, 0) is 29.7 Å². The highest BCUT2D eigenvalue weighted by atomic mass is 79.9. The van der Waals surface area contributed by atoms with Gasteiger partial charge in [0.1, 0.15) is 0 Å². The summed E-state index contributed by atoms with van der Waals surface area (Å²) in [5.74, 6) is -0.0882. The minimum Gasteiger partial charge on any atom is -0.300 e. The third-order valence-electron chi connectivity index (χ3n) is 3.35. The van der Waals surface area contributed by atoms with Crippen LogP contribution in [0.25, 0.3) is 10.9 Å². The van der Waals surface area contributed by atoms with Crippen molar-refractivity contribution >= 4 is 32.6 Å². The number of hydrogen-bond acceptors (Lipinski definition) is 2. The fourth-order valence-electron chi connectivity index (χ4n) is 2.30. The fraction of sp³-hybridized carbons (Fsp3) is 0.0588. The largest absolute Gasteiger partial charge is 0.300 e. The maximum Gasteiger partial charge on any atom is 0.251 e. The van der Waals surface area contributed by atoms with Crippen LogP contribution in [0.3, 0.4) is 0 Å². The van der Waals surface area contributed by atoms with E-state index in [4.69, 9.17) is 0 Å². The van der Waals surface area contributed by atoms with Gasteiger partial charge < -0.3 is 4.57 Å². The molecular weight excluding hydrogens is 330 g/mol. The van der Waals surface area contributed by atoms with Crippen molar-refractivity contribution in [3.05, 3.63) is 81.1 Å². The Balaban J connectivity index is 2.04. The zero-order valence-electron chi connectivity index (χ0n) is 11.1. The second-order valence-electron chi connectivity index (χ2n) is 4.75. The first-order valence-electron chi connectivity index (χ1n) is 6.52. The average Bonchev–Trinajstić information content (AvgIpc) is 2.50. The van der Waals surface area contributed by atoms with E-state index in [0.29, 0.717) is 5.56 Å². The van der Waals surface area contributed by atoms with E-state index in [0.717, 1.165) is 15.4 Å². The molecule has 0 saturated heterocycles. The third-order valence-corrected chi connectivity index (χ3v) is 3.84. The topological polar surface area (TPSA) is 39.1 Å². The summed E-state index contributed by atoms with van der Waals surface area (Å²) in [5, 5.41) is 0.944. The zero-order chi connectivity index (χ0) is 14.8. The predicted octanol–water partition coefficient (Wildman–Crippen LogP) is 3.65. The number of benzene rings is 2. The van der Waals surface area contributed by atoms with Crippen LogP contribution in [0.4, 0.5) is 0 Å². The molecule has 3 rings (SSSR count). The second kappa shape index (κ2) is 5.66. The molecule has 1 aromatic heterocycles. The standard InChI is InChI=1S/C17H12BrNO2/c18-14-6-3-5-13(10-14)16(20)11-19-15-7-2-1-4-12(15)8-9-17(19)21/h1-10H,11H2. The molecule has 1 heterocycles. The number of carbonyl (C=O) groups excluding carboxylic acids is 1. The van der Waals surface area contributed by atoms with Gasteiger partial charge in [-0.25, -0.2) is 0 Å². The lowest BCUT2D eigenvalue weighted by atomic mass is 10.1. The van der Waals surface area contributed by atoms with Gasteiger partial charge in [0, 0.05) is 16.1 Å². The first-order valence-corrected chi connectivity index (χ1v) is 7.32. The molecule has 0 spiro atoms. The Kier molecular flexibility index (Phi) is 3.71. The lowest BCUT2D eigenvalue weighted by Crippen LogP contribution is -2.23. The summed E-state index contributed by atoms with van der Waals surface area (Å²) in [6.45, 7) is 0.0383. The Morgan fingerprint density at radius 3 is 2.62 bits per heavy atom. The number of nitrogens with zero attached hydrogens (tertiary/aromatic N) is 1. The summed E-state index contributed by atoms with van der Waals surface area (Å²) >= 11 is 3.35. The SMILES string of the molecule is O=C(Cn1c(=O)ccc2ccccc21)c1cccc(Br)c1. The normalized spacial score (nSPS) is 10.7. The number of carbonyl (C=O) groups is 1. The average molecular weight is 342 g/mol. The number of para-hydroxylation sites is 1. The van der Waals surface area contributed by atoms with Gasteiger partial charge in [-0.1, -0.05) is 46.3 Å². The minimum atomic E-state index is -0.169. The van der Waals surface area contributed by atoms with Crippen LogP contribution in [0.2, 0.25) is 0 Å². The van der Waals surface area contributed by atoms with Crippen LogP contribution in [-0.2, 0) is 6.54 Å². The van der Waals surface area contributed by atoms with Crippen LogP contribution >= 0.6 is 15.9 Å². The Labute approximate surface area is 130 Å². The quantitative estimate of drug-likeness (QED) is 0.682. The number of Topliss-reactive ketones (excluding diaryl/α,β-unsaturated/α-hetero) is 1. The number of hydrogen-bond donors (Lipinski definition) is 0. The second-order valence-corrected chi connectivity index (χ2v) is 5.67. The van der Waals surface area contributed by atoms with Gasteiger partial charge in [-0.2, -0.15) is 0 Å². The highest BCUT2D eigenvalue weighted by Crippen LogP contribution is 2.15. The molecule has 0 saturated carbocycles. The minimum absolute atomic E-state index is 0.0383. The van der Waals surface area contributed by atoms with Crippen molar-refractivity contribution in [2.45, 2.75) is 6.54 Å². The van der Waals surface area contributed by atoms with Gasteiger partial charge in [0.2, 0.25) is 0 Å². The van der Waals surface area contributed by atoms with Gasteiger partial charge in [0.15, 0.2) is 5.78 Å². The summed E-state index contributed by atoms with van der Waals surface area (Å²) in [6, 6.07) is 18.0. The fourth-order valence-corrected chi connectivity index (χ4v) is 2.70. The van der Waals surface area contributed by atoms with Gasteiger partial charge in [0.25, 0.3) is 5.56 Å². The predicted molar refractivity (Wildman–Crippen MR) is 86.7 cm³/mol. The van der Waals surface area contributed by atoms with Crippen LogP contribution < -0.4 is 5.56 Å². The summed E-state index contributed by atoms with van der Waals surface area (Å²) in [6.07, 6.45) is 0. The Bertz CT molecular complexity index is 883. The maximum absolute atomic E-state index is 12.4. The molecule has 0 aliphatic heterocycles. The van der Waals surface area contributed by atoms with Crippen LogP contribution in [0, 0.1) is 0 Å². The number of pyridine rings is 1. The Morgan fingerprint density at radius 2 is 1.81 bits per heavy atom. The number of fused-ring (bicyclic) bond motifs is 1. The van der Waals surface area contributed by atoms with E-state index in [1.54, 1.807) is 18.2 Å². The van der Waals surface area contributed by atoms with E-state index < -0.39 is 0 Å². The van der Waals surface area contributed by atoms with Crippen molar-refractivity contribution < 1.29 is 4.79 Å². The van der Waals surface area contributed by atoms with Crippen LogP contribution in [0.15, 0.2) is 69.9 Å². The maximum atomic E-state index is 12.4. The van der Waals surface area contributed by atoms with E-state index in [9.17, 15) is 9.59 Å². The molecule has 3 nitrogen and oxygen atoms in total. The smallest absolute Gasteiger partial charge is 0.251 e. The van der Waals surface area contributed by atoms with E-state index in [-0.39, 0.29) is 17.9 Å². The van der Waals surface area contributed by atoms with Crippen molar-refractivity contribution in [3.8, 4) is 0 Å². The van der Waals surface area contributed by atoms with Crippen molar-refractivity contribution in [2.75, 3.05) is 0 Å². The molecule has 21 heavy (non-hydrogen) atoms. The molecular formula is C17H12BrNO2. The first-order chi connectivity index (χ1) is 10.1. The Morgan fingerprint density at radius 1 is 1.00 bits per heavy atom. The van der Waals surface area contributed by atoms with Crippen molar-refractivity contribution in [1.29, 1.82) is 0 Å². The molecule has 104 valence electrons. The summed E-state index contributed by atoms with van der Waals surface area (Å²) < 4.78 is 2.36. The molecule has 0 radical (unpaired) electrons. The van der Waals surface area contributed by atoms with E-state index in [1.807, 2.05) is 36.4 Å². The van der Waals surface area contributed by atoms with Crippen LogP contribution in [0.1, 0.15) is 10.4 Å². The molecule has 0 N–H and O–H groups in total. The van der Waals surface area contributed by atoms with Crippen molar-refractivity contribution in [1.82, 2.24) is 4.57 Å². The van der Waals surface area contributed by atoms with E-state index >= 15 is 0 Å². The van der Waals surface area contributed by atoms with Crippen molar-refractivity contribution in [3.63, 3.8) is 0 Å². The van der Waals surface area contributed by atoms with Gasteiger partial charge >= 0.3 is 0 Å². The number of aromatic nitrogens is 1. The lowest BCUT2D eigenvalue weighted by molar-refractivity contribution is 0.0972. The lowest BCUT2D eigenvalue weighted by Gasteiger charge is -2.09. The molecule has 0 bridgehead atoms. The molecule has 4 heteroatoms. The first kappa shape index (κ1) is 13.8. The monoisotopic (exact) mass is 341 g/mol. The summed E-state index contributed by atoms with van der Waals surface area (Å²) in [4.78, 5) is 24.5. The van der Waals surface area contributed by atoms with Crippen LogP contribution in [-0.4, -0.2) is 10.4 Å². The van der Waals surface area contributed by atoms with Gasteiger partial charge in [0.05, 0.1) is 12.1 Å². The molecule has 0 unspecified atom stereocenters. The number of rotatable bonds is 3. The zero-order valence-corrected chi connectivity index (χ0v) is 12.7. The van der Waals surface area contributed by atoms with Crippen LogP contribution in [0.5, 0.6) is 0 Å². The molecule has 0 fully saturated rings. The number of halogens is 1. The molecule has 2 aromatic carbocycles. The van der Waals surface area contributed by atoms with Gasteiger partial charge in [-0.3, -0.25) is 9.59 Å². The third kappa shape index (κ3) is 2.81. The highest BCUT2D eigenvalue weighted by Gasteiger charge is 2.10. The molecule has 3 aromatic rings. The number of ketones is 1. The Hall–Kier alpha value is -2.20. The molecule has 0 aliphatic carbocycles. The molecule has 0 aliphatic rings. The van der Waals surface area contributed by atoms with E-state index in [1.165, 1.54) is 10.6 Å². The van der Waals surface area contributed by atoms with Crippen molar-refractivity contribution in [2.24, 2.45) is 0 Å². The van der Waals surface area contributed by atoms with E-state index in [2.05, 4.69) is 15.9 Å². The highest BCUT2D eigenvalue weighted by molar-refractivity contribution is 9.10.